The van der Waals surface area contributed by atoms with Gasteiger partial charge in [-0.1, -0.05) is 12.1 Å². The van der Waals surface area contributed by atoms with Crippen LogP contribution < -0.4 is 4.74 Å². The third-order valence-electron chi connectivity index (χ3n) is 3.81. The number of aromatic amines is 1. The Balaban J connectivity index is 2.14. The number of rotatable bonds is 7. The van der Waals surface area contributed by atoms with Gasteiger partial charge in [0.2, 0.25) is 5.78 Å². The highest BCUT2D eigenvalue weighted by Crippen LogP contribution is 2.20. The first-order chi connectivity index (χ1) is 11.8. The van der Waals surface area contributed by atoms with Gasteiger partial charge in [-0.15, -0.1) is 0 Å². The van der Waals surface area contributed by atoms with Gasteiger partial charge in [-0.05, 0) is 45.4 Å². The molecule has 0 aliphatic heterocycles. The molecule has 6 nitrogen and oxygen atoms in total. The molecule has 0 atom stereocenters. The van der Waals surface area contributed by atoms with Gasteiger partial charge < -0.3 is 14.5 Å². The molecule has 1 heterocycles. The quantitative estimate of drug-likeness (QED) is 0.616. The summed E-state index contributed by atoms with van der Waals surface area (Å²) in [6.45, 7) is 6.66. The minimum absolute atomic E-state index is 0.0771. The summed E-state index contributed by atoms with van der Waals surface area (Å²) in [6, 6.07) is 6.64. The lowest BCUT2D eigenvalue weighted by Gasteiger charge is -2.07. The van der Waals surface area contributed by atoms with Crippen molar-refractivity contribution in [2.45, 2.75) is 27.7 Å². The largest absolute Gasteiger partial charge is 0.485 e. The molecule has 0 unspecified atom stereocenters. The zero-order valence-corrected chi connectivity index (χ0v) is 14.8. The molecule has 0 aliphatic rings. The van der Waals surface area contributed by atoms with Gasteiger partial charge in [-0.3, -0.25) is 9.59 Å². The number of ketones is 2. The van der Waals surface area contributed by atoms with Crippen molar-refractivity contribution >= 4 is 17.5 Å². The number of carbonyl (C=O) groups excluding carboxylic acids is 3. The van der Waals surface area contributed by atoms with E-state index >= 15 is 0 Å². The van der Waals surface area contributed by atoms with Crippen LogP contribution in [0.1, 0.15) is 56.3 Å². The van der Waals surface area contributed by atoms with E-state index in [4.69, 9.17) is 9.47 Å². The molecule has 1 aromatic heterocycles. The molecule has 0 radical (unpaired) electrons. The molecule has 132 valence electrons. The number of aromatic nitrogens is 1. The molecule has 0 fully saturated rings. The minimum atomic E-state index is -0.456. The van der Waals surface area contributed by atoms with Gasteiger partial charge in [0, 0.05) is 11.3 Å². The van der Waals surface area contributed by atoms with Gasteiger partial charge in [0.15, 0.2) is 12.4 Å². The molecule has 2 aromatic rings. The van der Waals surface area contributed by atoms with Crippen LogP contribution >= 0.6 is 0 Å². The summed E-state index contributed by atoms with van der Waals surface area (Å²) in [5.41, 5.74) is 2.34. The topological polar surface area (TPSA) is 85.5 Å². The van der Waals surface area contributed by atoms with Crippen molar-refractivity contribution in [3.63, 3.8) is 0 Å². The molecule has 2 rings (SSSR count). The predicted octanol–water partition coefficient (Wildman–Crippen LogP) is 3.27. The Morgan fingerprint density at radius 2 is 1.88 bits per heavy atom. The van der Waals surface area contributed by atoms with Crippen LogP contribution in [0.25, 0.3) is 0 Å². The first kappa shape index (κ1) is 18.4. The summed E-state index contributed by atoms with van der Waals surface area (Å²) in [6.07, 6.45) is 0. The second kappa shape index (κ2) is 7.79. The number of hydrogen-bond donors (Lipinski definition) is 1. The SMILES string of the molecule is CCOC(=O)c1c(C)[nH]c(C(=O)COc2cccc(C(C)=O)c2)c1C. The van der Waals surface area contributed by atoms with E-state index < -0.39 is 5.97 Å². The lowest BCUT2D eigenvalue weighted by molar-refractivity contribution is 0.0525. The highest BCUT2D eigenvalue weighted by molar-refractivity contribution is 6.02. The second-order valence-corrected chi connectivity index (χ2v) is 5.64. The smallest absolute Gasteiger partial charge is 0.340 e. The van der Waals surface area contributed by atoms with Crippen LogP contribution in [0.15, 0.2) is 24.3 Å². The number of esters is 1. The summed E-state index contributed by atoms with van der Waals surface area (Å²) in [5.74, 6) is -0.383. The van der Waals surface area contributed by atoms with Gasteiger partial charge in [-0.25, -0.2) is 4.79 Å². The van der Waals surface area contributed by atoms with Gasteiger partial charge in [-0.2, -0.15) is 0 Å². The maximum atomic E-state index is 12.4. The van der Waals surface area contributed by atoms with Gasteiger partial charge >= 0.3 is 5.97 Å². The van der Waals surface area contributed by atoms with Gasteiger partial charge in [0.25, 0.3) is 0 Å². The summed E-state index contributed by atoms with van der Waals surface area (Å²) >= 11 is 0. The number of Topliss-reactive ketones (excluding diaryl/α,β-unsaturated/α-hetero) is 2. The van der Waals surface area contributed by atoms with Crippen LogP contribution in [-0.4, -0.2) is 35.7 Å². The van der Waals surface area contributed by atoms with Gasteiger partial charge in [0.05, 0.1) is 17.9 Å². The normalized spacial score (nSPS) is 10.4. The standard InChI is InChI=1S/C19H21NO5/c1-5-24-19(23)17-11(2)18(20-12(17)3)16(22)10-25-15-8-6-7-14(9-15)13(4)21/h6-9,20H,5,10H2,1-4H3. The number of H-pyrrole nitrogens is 1. The van der Waals surface area contributed by atoms with E-state index in [1.54, 1.807) is 45.0 Å². The fourth-order valence-corrected chi connectivity index (χ4v) is 2.56. The Bertz CT molecular complexity index is 819. The van der Waals surface area contributed by atoms with E-state index in [9.17, 15) is 14.4 Å². The minimum Gasteiger partial charge on any atom is -0.485 e. The molecule has 0 bridgehead atoms. The van der Waals surface area contributed by atoms with Crippen molar-refractivity contribution in [1.29, 1.82) is 0 Å². The zero-order valence-electron chi connectivity index (χ0n) is 14.8. The Kier molecular flexibility index (Phi) is 5.75. The van der Waals surface area contributed by atoms with Crippen molar-refractivity contribution in [1.82, 2.24) is 4.98 Å². The van der Waals surface area contributed by atoms with Gasteiger partial charge in [0.1, 0.15) is 5.75 Å². The van der Waals surface area contributed by atoms with Crippen LogP contribution in [0.4, 0.5) is 0 Å². The zero-order chi connectivity index (χ0) is 18.6. The summed E-state index contributed by atoms with van der Waals surface area (Å²) < 4.78 is 10.5. The molecule has 0 spiro atoms. The summed E-state index contributed by atoms with van der Waals surface area (Å²) in [7, 11) is 0. The fraction of sp³-hybridized carbons (Fsp3) is 0.316. The Morgan fingerprint density at radius 1 is 1.16 bits per heavy atom. The molecular formula is C19H21NO5. The predicted molar refractivity (Wildman–Crippen MR) is 92.5 cm³/mol. The molecule has 25 heavy (non-hydrogen) atoms. The van der Waals surface area contributed by atoms with E-state index in [0.29, 0.717) is 33.8 Å². The van der Waals surface area contributed by atoms with Crippen LogP contribution in [0, 0.1) is 13.8 Å². The maximum Gasteiger partial charge on any atom is 0.340 e. The number of benzene rings is 1. The number of nitrogens with one attached hydrogen (secondary N) is 1. The van der Waals surface area contributed by atoms with Crippen molar-refractivity contribution in [3.05, 3.63) is 52.3 Å². The average Bonchev–Trinajstić information content (AvgIpc) is 2.87. The summed E-state index contributed by atoms with van der Waals surface area (Å²) in [5, 5.41) is 0. The maximum absolute atomic E-state index is 12.4. The number of carbonyl (C=O) groups is 3. The Hall–Kier alpha value is -2.89. The lowest BCUT2D eigenvalue weighted by Crippen LogP contribution is -2.14. The first-order valence-corrected chi connectivity index (χ1v) is 7.98. The monoisotopic (exact) mass is 343 g/mol. The molecule has 1 N–H and O–H groups in total. The molecule has 6 heteroatoms. The van der Waals surface area contributed by atoms with E-state index in [1.165, 1.54) is 6.92 Å². The van der Waals surface area contributed by atoms with Crippen molar-refractivity contribution in [3.8, 4) is 5.75 Å². The fourth-order valence-electron chi connectivity index (χ4n) is 2.56. The van der Waals surface area contributed by atoms with Crippen LogP contribution in [-0.2, 0) is 4.74 Å². The van der Waals surface area contributed by atoms with E-state index in [2.05, 4.69) is 4.98 Å². The van der Waals surface area contributed by atoms with E-state index in [1.807, 2.05) is 0 Å². The highest BCUT2D eigenvalue weighted by atomic mass is 16.5. The number of ether oxygens (including phenoxy) is 2. The Labute approximate surface area is 146 Å². The average molecular weight is 343 g/mol. The second-order valence-electron chi connectivity index (χ2n) is 5.64. The highest BCUT2D eigenvalue weighted by Gasteiger charge is 2.23. The van der Waals surface area contributed by atoms with Crippen LogP contribution in [0.2, 0.25) is 0 Å². The molecule has 1 aromatic carbocycles. The third kappa shape index (κ3) is 4.15. The van der Waals surface area contributed by atoms with E-state index in [0.717, 1.165) is 0 Å². The third-order valence-corrected chi connectivity index (χ3v) is 3.81. The van der Waals surface area contributed by atoms with Crippen LogP contribution in [0.5, 0.6) is 5.75 Å². The first-order valence-electron chi connectivity index (χ1n) is 7.98. The number of hydrogen-bond acceptors (Lipinski definition) is 5. The summed E-state index contributed by atoms with van der Waals surface area (Å²) in [4.78, 5) is 38.7. The molecule has 0 aliphatic carbocycles. The lowest BCUT2D eigenvalue weighted by atomic mass is 10.1. The van der Waals surface area contributed by atoms with Crippen molar-refractivity contribution in [2.75, 3.05) is 13.2 Å². The van der Waals surface area contributed by atoms with Crippen molar-refractivity contribution < 1.29 is 23.9 Å². The molecule has 0 saturated heterocycles. The van der Waals surface area contributed by atoms with Crippen molar-refractivity contribution in [2.24, 2.45) is 0 Å². The van der Waals surface area contributed by atoms with Crippen LogP contribution in [0.3, 0.4) is 0 Å². The Morgan fingerprint density at radius 3 is 2.52 bits per heavy atom. The molecule has 0 saturated carbocycles. The molecular weight excluding hydrogens is 322 g/mol. The van der Waals surface area contributed by atoms with E-state index in [-0.39, 0.29) is 24.8 Å². The molecule has 0 amide bonds. The number of aryl methyl sites for hydroxylation is 1.